The molecule has 118 valence electrons. The second-order valence-electron chi connectivity index (χ2n) is 6.83. The first-order valence-electron chi connectivity index (χ1n) is 8.56. The second kappa shape index (κ2) is 5.17. The van der Waals surface area contributed by atoms with Gasteiger partial charge in [-0.2, -0.15) is 0 Å². The molecule has 0 heteroatoms. The zero-order chi connectivity index (χ0) is 17.8. The van der Waals surface area contributed by atoms with Crippen LogP contribution in [-0.2, 0) is 0 Å². The Morgan fingerprint density at radius 3 is 1.08 bits per heavy atom. The largest absolute Gasteiger partial charge is 0.115 e. The number of terminal acetylenes is 3. The summed E-state index contributed by atoms with van der Waals surface area (Å²) in [5.41, 5.74) is 10.5. The van der Waals surface area contributed by atoms with Crippen molar-refractivity contribution in [1.29, 1.82) is 0 Å². The molecule has 0 amide bonds. The maximum absolute atomic E-state index is 5.66. The first-order valence-corrected chi connectivity index (χ1v) is 8.56. The normalized spacial score (nSPS) is 17.9. The smallest absolute Gasteiger partial charge is 0.0350 e. The van der Waals surface area contributed by atoms with E-state index in [2.05, 4.69) is 54.2 Å². The molecular weight excluding hydrogens is 312 g/mol. The van der Waals surface area contributed by atoms with E-state index in [1.165, 1.54) is 33.4 Å². The molecule has 0 radical (unpaired) electrons. The van der Waals surface area contributed by atoms with Crippen LogP contribution in [0.15, 0.2) is 54.6 Å². The van der Waals surface area contributed by atoms with Gasteiger partial charge in [-0.1, -0.05) is 36.0 Å². The average Bonchev–Trinajstić information content (AvgIpc) is 2.71. The molecule has 0 spiro atoms. The maximum atomic E-state index is 5.66. The molecule has 0 nitrogen and oxygen atoms in total. The van der Waals surface area contributed by atoms with Gasteiger partial charge in [0.2, 0.25) is 0 Å². The highest BCUT2D eigenvalue weighted by Crippen LogP contribution is 2.56. The van der Waals surface area contributed by atoms with Crippen LogP contribution in [0.5, 0.6) is 0 Å². The molecule has 3 aromatic carbocycles. The van der Waals surface area contributed by atoms with Crippen molar-refractivity contribution in [3.05, 3.63) is 105 Å². The van der Waals surface area contributed by atoms with E-state index in [0.29, 0.717) is 0 Å². The topological polar surface area (TPSA) is 0 Å². The molecule has 3 aliphatic rings. The second-order valence-corrected chi connectivity index (χ2v) is 6.83. The summed E-state index contributed by atoms with van der Waals surface area (Å²) in [5.74, 6) is 8.62. The lowest BCUT2D eigenvalue weighted by Gasteiger charge is -2.42. The van der Waals surface area contributed by atoms with E-state index >= 15 is 0 Å². The fourth-order valence-electron chi connectivity index (χ4n) is 4.54. The fourth-order valence-corrected chi connectivity index (χ4v) is 4.54. The quantitative estimate of drug-likeness (QED) is 0.364. The van der Waals surface area contributed by atoms with Crippen LogP contribution in [0.1, 0.15) is 61.9 Å². The minimum Gasteiger partial charge on any atom is -0.115 e. The molecule has 3 aromatic rings. The van der Waals surface area contributed by atoms with E-state index in [9.17, 15) is 0 Å². The molecule has 0 N–H and O–H groups in total. The van der Waals surface area contributed by atoms with Gasteiger partial charge in [0.1, 0.15) is 0 Å². The summed E-state index contributed by atoms with van der Waals surface area (Å²) in [6.45, 7) is 0. The third-order valence-corrected chi connectivity index (χ3v) is 5.63. The lowest BCUT2D eigenvalue weighted by molar-refractivity contribution is 0.753. The lowest BCUT2D eigenvalue weighted by Crippen LogP contribution is -2.27. The van der Waals surface area contributed by atoms with Crippen molar-refractivity contribution < 1.29 is 0 Å². The van der Waals surface area contributed by atoms with Gasteiger partial charge < -0.3 is 0 Å². The Balaban J connectivity index is 1.87. The van der Waals surface area contributed by atoms with Crippen molar-refractivity contribution in [3.8, 4) is 37.0 Å². The van der Waals surface area contributed by atoms with Crippen molar-refractivity contribution in [3.63, 3.8) is 0 Å². The van der Waals surface area contributed by atoms with Gasteiger partial charge in [-0.25, -0.2) is 0 Å². The summed E-state index contributed by atoms with van der Waals surface area (Å²) < 4.78 is 0. The summed E-state index contributed by atoms with van der Waals surface area (Å²) in [7, 11) is 0. The highest BCUT2D eigenvalue weighted by molar-refractivity contribution is 5.70. The molecule has 0 saturated heterocycles. The Bertz CT molecular complexity index is 1150. The van der Waals surface area contributed by atoms with Crippen molar-refractivity contribution in [2.45, 2.75) is 11.8 Å². The number of benzene rings is 3. The molecule has 0 aliphatic heterocycles. The Kier molecular flexibility index (Phi) is 2.91. The van der Waals surface area contributed by atoms with Crippen LogP contribution in [-0.4, -0.2) is 0 Å². The molecule has 26 heavy (non-hydrogen) atoms. The number of hydrogen-bond donors (Lipinski definition) is 0. The molecule has 0 fully saturated rings. The van der Waals surface area contributed by atoms with Crippen molar-refractivity contribution >= 4 is 0 Å². The van der Waals surface area contributed by atoms with Gasteiger partial charge in [0.25, 0.3) is 0 Å². The van der Waals surface area contributed by atoms with Crippen LogP contribution < -0.4 is 0 Å². The van der Waals surface area contributed by atoms with Gasteiger partial charge in [-0.15, -0.1) is 19.3 Å². The Morgan fingerprint density at radius 2 is 0.769 bits per heavy atom. The van der Waals surface area contributed by atoms with Gasteiger partial charge in [0.15, 0.2) is 0 Å². The SMILES string of the molecule is C#Cc1ccc2c(c1)C1c3ccc(C#C)cc3C2c2cc(C#C)ccc21. The third-order valence-electron chi connectivity index (χ3n) is 5.63. The first-order chi connectivity index (χ1) is 12.7. The molecule has 0 heterocycles. The maximum Gasteiger partial charge on any atom is 0.0350 e. The minimum atomic E-state index is 0.147. The van der Waals surface area contributed by atoms with Gasteiger partial charge in [0, 0.05) is 28.5 Å². The van der Waals surface area contributed by atoms with Gasteiger partial charge in [-0.3, -0.25) is 0 Å². The average molecular weight is 326 g/mol. The Labute approximate surface area is 153 Å². The predicted molar refractivity (Wildman–Crippen MR) is 105 cm³/mol. The predicted octanol–water partition coefficient (Wildman–Crippen LogP) is 4.62. The van der Waals surface area contributed by atoms with E-state index in [4.69, 9.17) is 19.3 Å². The first kappa shape index (κ1) is 14.7. The summed E-state index contributed by atoms with van der Waals surface area (Å²) in [5, 5.41) is 0. The Morgan fingerprint density at radius 1 is 0.462 bits per heavy atom. The highest BCUT2D eigenvalue weighted by Gasteiger charge is 2.41. The molecule has 3 aliphatic carbocycles. The molecule has 0 unspecified atom stereocenters. The monoisotopic (exact) mass is 326 g/mol. The highest BCUT2D eigenvalue weighted by atomic mass is 14.4. The van der Waals surface area contributed by atoms with Crippen LogP contribution >= 0.6 is 0 Å². The third kappa shape index (κ3) is 1.78. The van der Waals surface area contributed by atoms with Crippen molar-refractivity contribution in [1.82, 2.24) is 0 Å². The van der Waals surface area contributed by atoms with Crippen LogP contribution in [0.4, 0.5) is 0 Å². The van der Waals surface area contributed by atoms with Crippen LogP contribution in [0.25, 0.3) is 0 Å². The van der Waals surface area contributed by atoms with Crippen molar-refractivity contribution in [2.75, 3.05) is 0 Å². The fraction of sp³-hybridized carbons (Fsp3) is 0.0769. The van der Waals surface area contributed by atoms with Gasteiger partial charge in [0.05, 0.1) is 0 Å². The zero-order valence-corrected chi connectivity index (χ0v) is 14.1. The van der Waals surface area contributed by atoms with E-state index in [1.807, 2.05) is 18.2 Å². The van der Waals surface area contributed by atoms with Crippen molar-refractivity contribution in [2.24, 2.45) is 0 Å². The summed E-state index contributed by atoms with van der Waals surface area (Å²) >= 11 is 0. The molecule has 0 aromatic heterocycles. The molecule has 0 saturated carbocycles. The summed E-state index contributed by atoms with van der Waals surface area (Å²) in [6.07, 6.45) is 17.0. The molecule has 0 atom stereocenters. The number of hydrogen-bond acceptors (Lipinski definition) is 0. The standard InChI is InChI=1S/C26H14/c1-4-16-9-12-21-22(13-16)25-19-10-7-17(5-2)14-23(19)26(21)24-15-18(6-3)8-11-20(24)25/h1-3,7-15,25-26H. The van der Waals surface area contributed by atoms with Crippen LogP contribution in [0.3, 0.4) is 0 Å². The van der Waals surface area contributed by atoms with E-state index < -0.39 is 0 Å². The molecular formula is C26H14. The number of rotatable bonds is 0. The zero-order valence-electron chi connectivity index (χ0n) is 14.1. The van der Waals surface area contributed by atoms with Crippen LogP contribution in [0, 0.1) is 37.0 Å². The Hall–Kier alpha value is -3.66. The summed E-state index contributed by atoms with van der Waals surface area (Å²) in [4.78, 5) is 0. The minimum absolute atomic E-state index is 0.147. The van der Waals surface area contributed by atoms with Crippen LogP contribution in [0.2, 0.25) is 0 Å². The van der Waals surface area contributed by atoms with Gasteiger partial charge >= 0.3 is 0 Å². The van der Waals surface area contributed by atoms with E-state index in [-0.39, 0.29) is 11.8 Å². The van der Waals surface area contributed by atoms with E-state index in [1.54, 1.807) is 0 Å². The lowest BCUT2D eigenvalue weighted by atomic mass is 9.60. The van der Waals surface area contributed by atoms with Gasteiger partial charge in [-0.05, 0) is 69.8 Å². The molecule has 6 rings (SSSR count). The molecule has 2 bridgehead atoms. The van der Waals surface area contributed by atoms with E-state index in [0.717, 1.165) is 16.7 Å². The summed E-state index contributed by atoms with van der Waals surface area (Å²) in [6, 6.07) is 19.0.